The van der Waals surface area contributed by atoms with Gasteiger partial charge in [0, 0.05) is 57.4 Å². The van der Waals surface area contributed by atoms with Crippen LogP contribution in [0.1, 0.15) is 55.3 Å². The fourth-order valence-electron chi connectivity index (χ4n) is 5.19. The highest BCUT2D eigenvalue weighted by atomic mass is 32.2. The Hall–Kier alpha value is -2.17. The molecule has 1 aromatic carbocycles. The van der Waals surface area contributed by atoms with E-state index in [9.17, 15) is 22.0 Å². The lowest BCUT2D eigenvalue weighted by molar-refractivity contribution is 0.0165. The molecular weight excluding hydrogens is 450 g/mol. The van der Waals surface area contributed by atoms with Crippen molar-refractivity contribution in [3.8, 4) is 0 Å². The third-order valence-electron chi connectivity index (χ3n) is 7.03. The van der Waals surface area contributed by atoms with Crippen LogP contribution in [0.15, 0.2) is 35.7 Å². The molecule has 2 aliphatic rings. The molecule has 0 bridgehead atoms. The summed E-state index contributed by atoms with van der Waals surface area (Å²) in [5.41, 5.74) is -0.278. The average molecular weight is 481 g/mol. The van der Waals surface area contributed by atoms with Crippen molar-refractivity contribution in [2.45, 2.75) is 55.5 Å². The number of carbonyl (C=O) groups is 1. The van der Waals surface area contributed by atoms with E-state index in [1.807, 2.05) is 0 Å². The van der Waals surface area contributed by atoms with Crippen LogP contribution >= 0.6 is 0 Å². The van der Waals surface area contributed by atoms with Gasteiger partial charge in [-0.15, -0.1) is 0 Å². The molecule has 1 aliphatic heterocycles. The number of halogens is 2. The number of hydrogen-bond acceptors (Lipinski definition) is 5. The number of carbonyl (C=O) groups excluding carboxylic acids is 1. The Morgan fingerprint density at radius 2 is 1.79 bits per heavy atom. The van der Waals surface area contributed by atoms with E-state index in [1.165, 1.54) is 22.9 Å². The molecule has 2 aromatic rings. The maximum absolute atomic E-state index is 14.1. The van der Waals surface area contributed by atoms with Gasteiger partial charge in [-0.1, -0.05) is 19.3 Å². The topological polar surface area (TPSA) is 75.5 Å². The van der Waals surface area contributed by atoms with Gasteiger partial charge in [0.25, 0.3) is 10.0 Å². The number of ketones is 1. The number of benzene rings is 1. The molecule has 33 heavy (non-hydrogen) atoms. The monoisotopic (exact) mass is 480 g/mol. The average Bonchev–Trinajstić information content (AvgIpc) is 3.25. The van der Waals surface area contributed by atoms with E-state index in [4.69, 9.17) is 0 Å². The molecule has 2 fully saturated rings. The van der Waals surface area contributed by atoms with Crippen molar-refractivity contribution in [2.24, 2.45) is 7.05 Å². The zero-order valence-corrected chi connectivity index (χ0v) is 19.7. The number of imidazole rings is 1. The minimum Gasteiger partial charge on any atom is -0.339 e. The lowest BCUT2D eigenvalue weighted by Crippen LogP contribution is -2.58. The van der Waals surface area contributed by atoms with Gasteiger partial charge in [-0.05, 0) is 31.4 Å². The minimum atomic E-state index is -3.64. The lowest BCUT2D eigenvalue weighted by atomic mass is 9.76. The van der Waals surface area contributed by atoms with E-state index in [-0.39, 0.29) is 28.3 Å². The van der Waals surface area contributed by atoms with Gasteiger partial charge in [-0.2, -0.15) is 4.31 Å². The predicted molar refractivity (Wildman–Crippen MR) is 119 cm³/mol. The second-order valence-electron chi connectivity index (χ2n) is 9.10. The first-order valence-electron chi connectivity index (χ1n) is 11.4. The molecule has 180 valence electrons. The van der Waals surface area contributed by atoms with Crippen molar-refractivity contribution < 1.29 is 22.0 Å². The van der Waals surface area contributed by atoms with Crippen molar-refractivity contribution in [3.63, 3.8) is 0 Å². The van der Waals surface area contributed by atoms with Crippen LogP contribution in [0.25, 0.3) is 0 Å². The molecule has 4 rings (SSSR count). The smallest absolute Gasteiger partial charge is 0.262 e. The number of Topliss-reactive ketones (excluding diaryl/α,β-unsaturated/α-hetero) is 1. The maximum Gasteiger partial charge on any atom is 0.262 e. The molecule has 0 unspecified atom stereocenters. The molecule has 1 saturated carbocycles. The summed E-state index contributed by atoms with van der Waals surface area (Å²) in [6, 6.07) is 3.06. The summed E-state index contributed by atoms with van der Waals surface area (Å²) in [5.74, 6) is -1.86. The van der Waals surface area contributed by atoms with E-state index in [0.29, 0.717) is 32.6 Å². The summed E-state index contributed by atoms with van der Waals surface area (Å²) in [6.07, 6.45) is 8.82. The van der Waals surface area contributed by atoms with Crippen molar-refractivity contribution >= 4 is 15.8 Å². The number of hydrogen-bond donors (Lipinski definition) is 0. The molecular formula is C23H30F2N4O3S. The molecule has 1 aliphatic carbocycles. The van der Waals surface area contributed by atoms with Gasteiger partial charge in [0.05, 0.1) is 11.9 Å². The van der Waals surface area contributed by atoms with Gasteiger partial charge in [0.2, 0.25) is 0 Å². The second kappa shape index (κ2) is 9.60. The Morgan fingerprint density at radius 3 is 2.39 bits per heavy atom. The Labute approximate surface area is 193 Å². The highest BCUT2D eigenvalue weighted by Gasteiger charge is 2.41. The third-order valence-corrected chi connectivity index (χ3v) is 8.81. The van der Waals surface area contributed by atoms with Crippen LogP contribution in [0.3, 0.4) is 0 Å². The number of nitrogens with zero attached hydrogens (tertiary/aromatic N) is 4. The first-order chi connectivity index (χ1) is 15.7. The second-order valence-corrected chi connectivity index (χ2v) is 11.0. The fourth-order valence-corrected chi connectivity index (χ4v) is 6.58. The van der Waals surface area contributed by atoms with Crippen LogP contribution in [-0.4, -0.2) is 64.7 Å². The molecule has 0 N–H and O–H groups in total. The Kier molecular flexibility index (Phi) is 6.97. The summed E-state index contributed by atoms with van der Waals surface area (Å²) in [7, 11) is -1.90. The van der Waals surface area contributed by atoms with Crippen molar-refractivity contribution in [1.82, 2.24) is 18.8 Å². The fraction of sp³-hybridized carbons (Fsp3) is 0.565. The zero-order valence-electron chi connectivity index (χ0n) is 18.8. The number of sulfonamides is 1. The van der Waals surface area contributed by atoms with Gasteiger partial charge in [0.1, 0.15) is 11.6 Å². The molecule has 7 nitrogen and oxygen atoms in total. The van der Waals surface area contributed by atoms with Crippen LogP contribution in [0.4, 0.5) is 8.78 Å². The van der Waals surface area contributed by atoms with E-state index < -0.39 is 21.7 Å². The molecule has 0 radical (unpaired) electrons. The minimum absolute atomic E-state index is 0.0535. The van der Waals surface area contributed by atoms with Gasteiger partial charge in [-0.3, -0.25) is 9.69 Å². The van der Waals surface area contributed by atoms with Crippen molar-refractivity contribution in [3.05, 3.63) is 47.9 Å². The molecule has 1 saturated heterocycles. The van der Waals surface area contributed by atoms with Gasteiger partial charge in [0.15, 0.2) is 10.8 Å². The van der Waals surface area contributed by atoms with Crippen LogP contribution in [-0.2, 0) is 17.1 Å². The lowest BCUT2D eigenvalue weighted by Gasteiger charge is -2.49. The number of aryl methyl sites for hydroxylation is 1. The highest BCUT2D eigenvalue weighted by molar-refractivity contribution is 7.89. The predicted octanol–water partition coefficient (Wildman–Crippen LogP) is 3.37. The molecule has 1 aromatic heterocycles. The zero-order chi connectivity index (χ0) is 23.6. The number of piperazine rings is 1. The largest absolute Gasteiger partial charge is 0.339 e. The quantitative estimate of drug-likeness (QED) is 0.568. The summed E-state index contributed by atoms with van der Waals surface area (Å²) in [5, 5.41) is 0.0535. The number of rotatable bonds is 7. The normalized spacial score (nSPS) is 20.1. The SMILES string of the molecule is Cn1cnc(S(=O)(=O)N2CCN(C3(CCC(=O)c4ccc(F)cc4F)CCCCC3)CC2)c1. The van der Waals surface area contributed by atoms with Crippen LogP contribution < -0.4 is 0 Å². The number of aromatic nitrogens is 2. The summed E-state index contributed by atoms with van der Waals surface area (Å²) in [4.78, 5) is 19.0. The molecule has 10 heteroatoms. The van der Waals surface area contributed by atoms with E-state index in [1.54, 1.807) is 11.6 Å². The van der Waals surface area contributed by atoms with Gasteiger partial charge in [-0.25, -0.2) is 22.2 Å². The van der Waals surface area contributed by atoms with Crippen LogP contribution in [0.2, 0.25) is 0 Å². The van der Waals surface area contributed by atoms with Gasteiger partial charge < -0.3 is 4.57 Å². The molecule has 0 spiro atoms. The molecule has 2 heterocycles. The molecule has 0 amide bonds. The Balaban J connectivity index is 1.44. The van der Waals surface area contributed by atoms with E-state index in [2.05, 4.69) is 9.88 Å². The maximum atomic E-state index is 14.1. The van der Waals surface area contributed by atoms with Gasteiger partial charge >= 0.3 is 0 Å². The third kappa shape index (κ3) is 5.02. The summed E-state index contributed by atoms with van der Waals surface area (Å²) >= 11 is 0. The Bertz CT molecular complexity index is 1100. The first-order valence-corrected chi connectivity index (χ1v) is 12.9. The Morgan fingerprint density at radius 1 is 1.09 bits per heavy atom. The van der Waals surface area contributed by atoms with E-state index in [0.717, 1.165) is 44.2 Å². The van der Waals surface area contributed by atoms with Crippen LogP contribution in [0, 0.1) is 11.6 Å². The van der Waals surface area contributed by atoms with Crippen molar-refractivity contribution in [1.29, 1.82) is 0 Å². The van der Waals surface area contributed by atoms with Crippen LogP contribution in [0.5, 0.6) is 0 Å². The highest BCUT2D eigenvalue weighted by Crippen LogP contribution is 2.39. The van der Waals surface area contributed by atoms with E-state index >= 15 is 0 Å². The first kappa shape index (κ1) is 24.0. The summed E-state index contributed by atoms with van der Waals surface area (Å²) < 4.78 is 56.2. The van der Waals surface area contributed by atoms with Crippen molar-refractivity contribution in [2.75, 3.05) is 26.2 Å². The molecule has 0 atom stereocenters. The summed E-state index contributed by atoms with van der Waals surface area (Å²) in [6.45, 7) is 1.87. The standard InChI is InChI=1S/C23H30F2N4O3S/c1-27-16-22(26-17-27)33(31,32)29-13-11-28(12-14-29)23(8-3-2-4-9-23)10-7-21(30)19-6-5-18(24)15-20(19)25/h5-6,15-17H,2-4,7-14H2,1H3.